The third kappa shape index (κ3) is 3.16. The second kappa shape index (κ2) is 6.01. The molecule has 1 aromatic rings. The minimum Gasteiger partial charge on any atom is -0.337 e. The highest BCUT2D eigenvalue weighted by molar-refractivity contribution is 5.87. The van der Waals surface area contributed by atoms with Gasteiger partial charge in [-0.3, -0.25) is 4.79 Å². The van der Waals surface area contributed by atoms with Crippen LogP contribution in [0.4, 0.5) is 13.2 Å². The molecule has 6 heteroatoms. The van der Waals surface area contributed by atoms with Crippen LogP contribution in [0.25, 0.3) is 0 Å². The smallest absolute Gasteiger partial charge is 0.337 e. The van der Waals surface area contributed by atoms with Crippen molar-refractivity contribution in [2.45, 2.75) is 51.2 Å². The van der Waals surface area contributed by atoms with E-state index in [1.165, 1.54) is 12.1 Å². The lowest BCUT2D eigenvalue weighted by atomic mass is 9.69. The lowest BCUT2D eigenvalue weighted by Crippen LogP contribution is -2.50. The van der Waals surface area contributed by atoms with Gasteiger partial charge >= 0.3 is 6.18 Å². The van der Waals surface area contributed by atoms with Gasteiger partial charge in [0.1, 0.15) is 0 Å². The summed E-state index contributed by atoms with van der Waals surface area (Å²) in [6, 6.07) is 5.50. The quantitative estimate of drug-likeness (QED) is 0.832. The summed E-state index contributed by atoms with van der Waals surface area (Å²) in [6.45, 7) is 7.76. The first-order valence-corrected chi connectivity index (χ1v) is 8.76. The minimum absolute atomic E-state index is 0.0645. The zero-order valence-corrected chi connectivity index (χ0v) is 14.9. The first kappa shape index (κ1) is 18.2. The zero-order valence-electron chi connectivity index (χ0n) is 14.9. The Kier molecular flexibility index (Phi) is 4.38. The largest absolute Gasteiger partial charge is 0.416 e. The Hall–Kier alpha value is -1.56. The number of amides is 1. The van der Waals surface area contributed by atoms with E-state index < -0.39 is 17.2 Å². The summed E-state index contributed by atoms with van der Waals surface area (Å²) in [5.74, 6) is -0.163. The zero-order chi connectivity index (χ0) is 18.5. The number of piperidine rings is 1. The van der Waals surface area contributed by atoms with Gasteiger partial charge in [-0.2, -0.15) is 13.2 Å². The van der Waals surface area contributed by atoms with Crippen LogP contribution in [0.5, 0.6) is 0 Å². The average molecular weight is 354 g/mol. The number of carbonyl (C=O) groups excluding carboxylic acids is 1. The summed E-state index contributed by atoms with van der Waals surface area (Å²) in [6.07, 6.45) is -2.80. The Labute approximate surface area is 146 Å². The van der Waals surface area contributed by atoms with Gasteiger partial charge in [-0.25, -0.2) is 0 Å². The molecule has 0 aliphatic carbocycles. The van der Waals surface area contributed by atoms with E-state index in [2.05, 4.69) is 5.32 Å². The van der Waals surface area contributed by atoms with Crippen molar-refractivity contribution in [3.63, 3.8) is 0 Å². The van der Waals surface area contributed by atoms with Gasteiger partial charge in [0.25, 0.3) is 0 Å². The van der Waals surface area contributed by atoms with Crippen LogP contribution in [0.1, 0.15) is 50.7 Å². The predicted octanol–water partition coefficient (Wildman–Crippen LogP) is 3.80. The van der Waals surface area contributed by atoms with Gasteiger partial charge in [0, 0.05) is 24.5 Å². The van der Waals surface area contributed by atoms with Gasteiger partial charge in [-0.15, -0.1) is 0 Å². The summed E-state index contributed by atoms with van der Waals surface area (Å²) in [7, 11) is 0. The second-order valence-electron chi connectivity index (χ2n) is 8.20. The lowest BCUT2D eigenvalue weighted by Gasteiger charge is -2.38. The molecule has 3 rings (SSSR count). The molecule has 2 saturated heterocycles. The number of rotatable bonds is 1. The maximum Gasteiger partial charge on any atom is 0.416 e. The SMILES string of the molecule is CC(C)(C)N1C[C@@H](c2cccc(C(F)(F)F)c2)[C@@]2(CCCNC2)C1=O. The molecule has 3 nitrogen and oxygen atoms in total. The van der Waals surface area contributed by atoms with Gasteiger partial charge < -0.3 is 10.2 Å². The molecule has 1 N–H and O–H groups in total. The molecule has 0 bridgehead atoms. The highest BCUT2D eigenvalue weighted by atomic mass is 19.4. The molecule has 0 radical (unpaired) electrons. The third-order valence-corrected chi connectivity index (χ3v) is 5.55. The highest BCUT2D eigenvalue weighted by Gasteiger charge is 2.56. The van der Waals surface area contributed by atoms with Gasteiger partial charge in [0.05, 0.1) is 11.0 Å². The summed E-state index contributed by atoms with van der Waals surface area (Å²) in [5, 5.41) is 3.29. The van der Waals surface area contributed by atoms with E-state index in [9.17, 15) is 18.0 Å². The average Bonchev–Trinajstić information content (AvgIpc) is 2.81. The van der Waals surface area contributed by atoms with E-state index in [1.54, 1.807) is 6.07 Å². The number of benzene rings is 1. The number of hydrogen-bond acceptors (Lipinski definition) is 2. The Morgan fingerprint density at radius 2 is 1.96 bits per heavy atom. The first-order chi connectivity index (χ1) is 11.6. The number of nitrogens with one attached hydrogen (secondary N) is 1. The predicted molar refractivity (Wildman–Crippen MR) is 90.2 cm³/mol. The number of alkyl halides is 3. The lowest BCUT2D eigenvalue weighted by molar-refractivity contribution is -0.141. The maximum atomic E-state index is 13.3. The summed E-state index contributed by atoms with van der Waals surface area (Å²) in [4.78, 5) is 15.1. The minimum atomic E-state index is -4.37. The molecular formula is C19H25F3N2O. The molecule has 2 aliphatic rings. The van der Waals surface area contributed by atoms with Crippen molar-refractivity contribution < 1.29 is 18.0 Å². The van der Waals surface area contributed by atoms with Crippen molar-refractivity contribution in [2.75, 3.05) is 19.6 Å². The van der Waals surface area contributed by atoms with E-state index >= 15 is 0 Å². The van der Waals surface area contributed by atoms with Crippen molar-refractivity contribution in [1.29, 1.82) is 0 Å². The molecule has 0 saturated carbocycles. The molecule has 2 atom stereocenters. The van der Waals surface area contributed by atoms with Gasteiger partial charge in [-0.05, 0) is 51.8 Å². The van der Waals surface area contributed by atoms with Crippen molar-refractivity contribution in [2.24, 2.45) is 5.41 Å². The molecule has 2 heterocycles. The molecule has 25 heavy (non-hydrogen) atoms. The van der Waals surface area contributed by atoms with E-state index in [-0.39, 0.29) is 17.4 Å². The van der Waals surface area contributed by atoms with E-state index in [4.69, 9.17) is 0 Å². The van der Waals surface area contributed by atoms with Crippen LogP contribution in [-0.4, -0.2) is 36.0 Å². The number of halogens is 3. The molecule has 0 aromatic heterocycles. The van der Waals surface area contributed by atoms with Crippen LogP contribution in [0.15, 0.2) is 24.3 Å². The van der Waals surface area contributed by atoms with Crippen LogP contribution in [-0.2, 0) is 11.0 Å². The van der Waals surface area contributed by atoms with Crippen molar-refractivity contribution in [1.82, 2.24) is 10.2 Å². The van der Waals surface area contributed by atoms with Crippen molar-refractivity contribution >= 4 is 5.91 Å². The Morgan fingerprint density at radius 1 is 1.24 bits per heavy atom. The monoisotopic (exact) mass is 354 g/mol. The summed E-state index contributed by atoms with van der Waals surface area (Å²) >= 11 is 0. The fraction of sp³-hybridized carbons (Fsp3) is 0.632. The Balaban J connectivity index is 2.05. The van der Waals surface area contributed by atoms with Crippen LogP contribution in [0.3, 0.4) is 0 Å². The molecule has 2 fully saturated rings. The van der Waals surface area contributed by atoms with Crippen molar-refractivity contribution in [3.8, 4) is 0 Å². The normalized spacial score (nSPS) is 28.0. The highest BCUT2D eigenvalue weighted by Crippen LogP contribution is 2.50. The summed E-state index contributed by atoms with van der Waals surface area (Å²) in [5.41, 5.74) is -1.03. The van der Waals surface area contributed by atoms with Gasteiger partial charge in [-0.1, -0.05) is 18.2 Å². The number of carbonyl (C=O) groups is 1. The molecule has 1 spiro atoms. The van der Waals surface area contributed by atoms with E-state index in [0.29, 0.717) is 25.1 Å². The molecule has 1 amide bonds. The van der Waals surface area contributed by atoms with Crippen molar-refractivity contribution in [3.05, 3.63) is 35.4 Å². The number of nitrogens with zero attached hydrogens (tertiary/aromatic N) is 1. The number of hydrogen-bond donors (Lipinski definition) is 1. The maximum absolute atomic E-state index is 13.3. The van der Waals surface area contributed by atoms with Crippen LogP contribution < -0.4 is 5.32 Å². The van der Waals surface area contributed by atoms with E-state index in [1.807, 2.05) is 25.7 Å². The first-order valence-electron chi connectivity index (χ1n) is 8.76. The molecule has 1 aromatic carbocycles. The number of likely N-dealkylation sites (tertiary alicyclic amines) is 1. The molecule has 2 aliphatic heterocycles. The fourth-order valence-corrected chi connectivity index (χ4v) is 4.20. The molecule has 0 unspecified atom stereocenters. The Bertz CT molecular complexity index is 657. The topological polar surface area (TPSA) is 32.3 Å². The van der Waals surface area contributed by atoms with Gasteiger partial charge in [0.15, 0.2) is 0 Å². The molecule has 138 valence electrons. The Morgan fingerprint density at radius 3 is 2.52 bits per heavy atom. The van der Waals surface area contributed by atoms with Crippen LogP contribution >= 0.6 is 0 Å². The fourth-order valence-electron chi connectivity index (χ4n) is 4.20. The van der Waals surface area contributed by atoms with E-state index in [0.717, 1.165) is 19.0 Å². The van der Waals surface area contributed by atoms with Crippen LogP contribution in [0.2, 0.25) is 0 Å². The second-order valence-corrected chi connectivity index (χ2v) is 8.20. The third-order valence-electron chi connectivity index (χ3n) is 5.55. The molecular weight excluding hydrogens is 329 g/mol. The van der Waals surface area contributed by atoms with Crippen LogP contribution in [0, 0.1) is 5.41 Å². The standard InChI is InChI=1S/C19H25F3N2O/c1-17(2,3)24-11-15(18(16(24)25)8-5-9-23-12-18)13-6-4-7-14(10-13)19(20,21)22/h4,6-7,10,15,23H,5,8-9,11-12H2,1-3H3/t15-,18-/m0/s1. The summed E-state index contributed by atoms with van der Waals surface area (Å²) < 4.78 is 39.4. The van der Waals surface area contributed by atoms with Gasteiger partial charge in [0.2, 0.25) is 5.91 Å².